The number of rotatable bonds is 4. The number of benzene rings is 1. The smallest absolute Gasteiger partial charge is 0.255 e. The van der Waals surface area contributed by atoms with Gasteiger partial charge < -0.3 is 16.0 Å². The summed E-state index contributed by atoms with van der Waals surface area (Å²) in [6, 6.07) is 4.33. The molecule has 3 atom stereocenters. The van der Waals surface area contributed by atoms with Gasteiger partial charge in [-0.3, -0.25) is 19.7 Å². The number of hydrogen-bond acceptors (Lipinski definition) is 7. The van der Waals surface area contributed by atoms with Crippen molar-refractivity contribution in [3.8, 4) is 0 Å². The average Bonchev–Trinajstić information content (AvgIpc) is 2.99. The van der Waals surface area contributed by atoms with E-state index >= 15 is 0 Å². The number of carbonyl (C=O) groups excluding carboxylic acids is 3. The van der Waals surface area contributed by atoms with E-state index in [1.54, 1.807) is 6.07 Å². The largest absolute Gasteiger partial charge is 0.326 e. The predicted octanol–water partition coefficient (Wildman–Crippen LogP) is -0.948. The van der Waals surface area contributed by atoms with Crippen molar-refractivity contribution in [2.45, 2.75) is 50.5 Å². The molecular weight excluding hydrogens is 396 g/mol. The Morgan fingerprint density at radius 3 is 2.76 bits per heavy atom. The molecule has 3 aliphatic heterocycles. The fourth-order valence-electron chi connectivity index (χ4n) is 4.17. The average molecular weight is 420 g/mol. The fourth-order valence-corrected chi connectivity index (χ4v) is 5.88. The first-order valence-corrected chi connectivity index (χ1v) is 11.5. The Bertz CT molecular complexity index is 977. The summed E-state index contributed by atoms with van der Waals surface area (Å²) in [6.07, 6.45) is 0.979. The van der Waals surface area contributed by atoms with Crippen LogP contribution in [0.4, 0.5) is 0 Å². The zero-order valence-corrected chi connectivity index (χ0v) is 16.7. The van der Waals surface area contributed by atoms with Crippen molar-refractivity contribution in [1.82, 2.24) is 15.5 Å². The van der Waals surface area contributed by atoms with Gasteiger partial charge in [-0.05, 0) is 30.0 Å². The lowest BCUT2D eigenvalue weighted by Gasteiger charge is -2.29. The molecule has 4 rings (SSSR count). The van der Waals surface area contributed by atoms with Gasteiger partial charge in [-0.2, -0.15) is 0 Å². The molecule has 3 aliphatic rings. The van der Waals surface area contributed by atoms with E-state index in [0.29, 0.717) is 31.5 Å². The maximum atomic E-state index is 12.9. The number of hydrogen-bond donors (Lipinski definition) is 3. The number of piperidine rings is 1. The van der Waals surface area contributed by atoms with Crippen LogP contribution in [0.25, 0.3) is 0 Å². The molecule has 1 unspecified atom stereocenters. The molecule has 2 fully saturated rings. The zero-order valence-electron chi connectivity index (χ0n) is 15.9. The number of carbonyl (C=O) groups is 3. The van der Waals surface area contributed by atoms with Crippen LogP contribution in [0.5, 0.6) is 0 Å². The van der Waals surface area contributed by atoms with E-state index in [2.05, 4.69) is 10.6 Å². The SMILES string of the molecule is N[C@@H]1CCS(=O)(=O)C[C@@H]1NCc1ccc2c(c1)C(=O)N(C1CCC(=O)NC1=O)C2. The summed E-state index contributed by atoms with van der Waals surface area (Å²) in [7, 11) is -3.08. The Kier molecular flexibility index (Phi) is 5.18. The van der Waals surface area contributed by atoms with Gasteiger partial charge in [-0.1, -0.05) is 12.1 Å². The van der Waals surface area contributed by atoms with Crippen LogP contribution in [0.15, 0.2) is 18.2 Å². The molecule has 0 saturated carbocycles. The Morgan fingerprint density at radius 2 is 2.00 bits per heavy atom. The Morgan fingerprint density at radius 1 is 1.21 bits per heavy atom. The number of amides is 3. The molecule has 0 bridgehead atoms. The van der Waals surface area contributed by atoms with Crippen molar-refractivity contribution in [2.24, 2.45) is 5.73 Å². The third-order valence-electron chi connectivity index (χ3n) is 5.87. The standard InChI is InChI=1S/C19H24N4O5S/c20-14-5-6-29(27,28)10-15(14)21-8-11-1-2-12-9-23(19(26)13(12)7-11)16-3-4-17(24)22-18(16)25/h1-2,7,14-16,21H,3-6,8-10,20H2,(H,22,24,25)/t14-,15+,16?/m1/s1. The second-order valence-corrected chi connectivity index (χ2v) is 10.2. The molecule has 0 aliphatic carbocycles. The molecule has 0 spiro atoms. The normalized spacial score (nSPS) is 28.9. The van der Waals surface area contributed by atoms with Gasteiger partial charge in [-0.25, -0.2) is 8.42 Å². The second kappa shape index (κ2) is 7.51. The first kappa shape index (κ1) is 20.0. The van der Waals surface area contributed by atoms with Crippen LogP contribution < -0.4 is 16.4 Å². The lowest BCUT2D eigenvalue weighted by Crippen LogP contribution is -2.53. The van der Waals surface area contributed by atoms with Gasteiger partial charge in [0.25, 0.3) is 5.91 Å². The number of sulfone groups is 1. The molecular formula is C19H24N4O5S. The first-order valence-electron chi connectivity index (χ1n) is 9.69. The summed E-state index contributed by atoms with van der Waals surface area (Å²) in [5.41, 5.74) is 8.27. The van der Waals surface area contributed by atoms with Crippen LogP contribution in [-0.2, 0) is 32.5 Å². The molecule has 3 amide bonds. The second-order valence-electron chi connectivity index (χ2n) is 7.95. The van der Waals surface area contributed by atoms with Crippen LogP contribution >= 0.6 is 0 Å². The van der Waals surface area contributed by atoms with E-state index in [0.717, 1.165) is 11.1 Å². The molecule has 1 aromatic rings. The number of nitrogens with two attached hydrogens (primary N) is 1. The summed E-state index contributed by atoms with van der Waals surface area (Å²) in [5, 5.41) is 5.49. The van der Waals surface area contributed by atoms with Gasteiger partial charge >= 0.3 is 0 Å². The molecule has 3 heterocycles. The highest BCUT2D eigenvalue weighted by atomic mass is 32.2. The quantitative estimate of drug-likeness (QED) is 0.534. The van der Waals surface area contributed by atoms with Crippen LogP contribution in [0, 0.1) is 0 Å². The minimum atomic E-state index is -3.08. The fraction of sp³-hybridized carbons (Fsp3) is 0.526. The summed E-state index contributed by atoms with van der Waals surface area (Å²) >= 11 is 0. The van der Waals surface area contributed by atoms with E-state index in [1.165, 1.54) is 4.90 Å². The molecule has 156 valence electrons. The molecule has 10 heteroatoms. The molecule has 4 N–H and O–H groups in total. The number of fused-ring (bicyclic) bond motifs is 1. The van der Waals surface area contributed by atoms with Gasteiger partial charge in [0.2, 0.25) is 11.8 Å². The molecule has 0 aromatic heterocycles. The minimum absolute atomic E-state index is 0.0152. The molecule has 29 heavy (non-hydrogen) atoms. The lowest BCUT2D eigenvalue weighted by molar-refractivity contribution is -0.136. The summed E-state index contributed by atoms with van der Waals surface area (Å²) < 4.78 is 23.7. The number of nitrogens with zero attached hydrogens (tertiary/aromatic N) is 1. The monoisotopic (exact) mass is 420 g/mol. The van der Waals surface area contributed by atoms with Crippen molar-refractivity contribution in [2.75, 3.05) is 11.5 Å². The minimum Gasteiger partial charge on any atom is -0.326 e. The van der Waals surface area contributed by atoms with Gasteiger partial charge in [0.05, 0.1) is 11.5 Å². The maximum absolute atomic E-state index is 12.9. The lowest BCUT2D eigenvalue weighted by atomic mass is 10.0. The van der Waals surface area contributed by atoms with E-state index in [4.69, 9.17) is 5.73 Å². The topological polar surface area (TPSA) is 139 Å². The summed E-state index contributed by atoms with van der Waals surface area (Å²) in [5.74, 6) is -0.839. The Labute approximate surface area is 168 Å². The summed E-state index contributed by atoms with van der Waals surface area (Å²) in [6.45, 7) is 0.729. The van der Waals surface area contributed by atoms with Crippen molar-refractivity contribution < 1.29 is 22.8 Å². The number of imide groups is 1. The van der Waals surface area contributed by atoms with Crippen LogP contribution in [0.1, 0.15) is 40.7 Å². The van der Waals surface area contributed by atoms with Crippen LogP contribution in [0.3, 0.4) is 0 Å². The third kappa shape index (κ3) is 4.05. The molecule has 1 aromatic carbocycles. The van der Waals surface area contributed by atoms with Gasteiger partial charge in [0.1, 0.15) is 6.04 Å². The van der Waals surface area contributed by atoms with E-state index in [9.17, 15) is 22.8 Å². The van der Waals surface area contributed by atoms with Crippen molar-refractivity contribution in [3.63, 3.8) is 0 Å². The highest BCUT2D eigenvalue weighted by molar-refractivity contribution is 7.91. The van der Waals surface area contributed by atoms with Gasteiger partial charge in [0.15, 0.2) is 9.84 Å². The third-order valence-corrected chi connectivity index (χ3v) is 7.60. The number of nitrogens with one attached hydrogen (secondary N) is 2. The van der Waals surface area contributed by atoms with Gasteiger partial charge in [-0.15, -0.1) is 0 Å². The molecule has 2 saturated heterocycles. The van der Waals surface area contributed by atoms with E-state index < -0.39 is 21.8 Å². The van der Waals surface area contributed by atoms with Crippen molar-refractivity contribution in [3.05, 3.63) is 34.9 Å². The van der Waals surface area contributed by atoms with E-state index in [-0.39, 0.29) is 41.8 Å². The van der Waals surface area contributed by atoms with E-state index in [1.807, 2.05) is 12.1 Å². The highest BCUT2D eigenvalue weighted by Crippen LogP contribution is 2.28. The van der Waals surface area contributed by atoms with Crippen molar-refractivity contribution in [1.29, 1.82) is 0 Å². The van der Waals surface area contributed by atoms with Crippen LogP contribution in [0.2, 0.25) is 0 Å². The first-order chi connectivity index (χ1) is 13.7. The van der Waals surface area contributed by atoms with Crippen molar-refractivity contribution >= 4 is 27.6 Å². The Hall–Kier alpha value is -2.30. The summed E-state index contributed by atoms with van der Waals surface area (Å²) in [4.78, 5) is 37.8. The highest BCUT2D eigenvalue weighted by Gasteiger charge is 2.39. The molecule has 9 nitrogen and oxygen atoms in total. The predicted molar refractivity (Wildman–Crippen MR) is 104 cm³/mol. The van der Waals surface area contributed by atoms with Gasteiger partial charge in [0, 0.05) is 37.2 Å². The Balaban J connectivity index is 1.44. The molecule has 0 radical (unpaired) electrons. The zero-order chi connectivity index (χ0) is 20.8. The van der Waals surface area contributed by atoms with Crippen LogP contribution in [-0.4, -0.2) is 60.7 Å². The maximum Gasteiger partial charge on any atom is 0.255 e.